The molecule has 0 saturated heterocycles. The van der Waals surface area contributed by atoms with Crippen LogP contribution in [0, 0.1) is 6.92 Å². The summed E-state index contributed by atoms with van der Waals surface area (Å²) in [5.74, 6) is 0. The third-order valence-electron chi connectivity index (χ3n) is 2.19. The molecule has 1 N–H and O–H groups in total. The number of hydrogen-bond donors (Lipinski definition) is 1. The highest BCUT2D eigenvalue weighted by Gasteiger charge is 2.09. The van der Waals surface area contributed by atoms with Crippen LogP contribution in [-0.2, 0) is 0 Å². The molecule has 0 atom stereocenters. The lowest BCUT2D eigenvalue weighted by Crippen LogP contribution is -1.79. The number of carbonyl (C=O) groups is 1. The maximum absolute atomic E-state index is 10.8. The number of benzene rings is 1. The molecule has 14 heavy (non-hydrogen) atoms. The average Bonchev–Trinajstić information content (AvgIpc) is 2.42. The van der Waals surface area contributed by atoms with Crippen LogP contribution in [0.15, 0.2) is 16.6 Å². The molecule has 2 nitrogen and oxygen atoms in total. The highest BCUT2D eigenvalue weighted by Crippen LogP contribution is 2.30. The maximum atomic E-state index is 10.8. The average molecular weight is 273 g/mol. The first-order valence-corrected chi connectivity index (χ1v) is 5.23. The standard InChI is InChI=1S/C10H7BrClNO/c1-5-7(4-14)6-2-9(12)8(11)3-10(6)13-5/h2-4,13H,1H3. The molecule has 0 aliphatic rings. The van der Waals surface area contributed by atoms with E-state index in [4.69, 9.17) is 11.6 Å². The predicted octanol–water partition coefficient (Wildman–Crippen LogP) is 3.70. The fourth-order valence-electron chi connectivity index (χ4n) is 1.50. The molecular weight excluding hydrogens is 265 g/mol. The van der Waals surface area contributed by atoms with Gasteiger partial charge in [-0.3, -0.25) is 4.79 Å². The molecule has 0 fully saturated rings. The summed E-state index contributed by atoms with van der Waals surface area (Å²) in [7, 11) is 0. The number of fused-ring (bicyclic) bond motifs is 1. The minimum atomic E-state index is 0.611. The molecule has 1 aromatic heterocycles. The molecule has 2 rings (SSSR count). The summed E-state index contributed by atoms with van der Waals surface area (Å²) in [6, 6.07) is 3.66. The van der Waals surface area contributed by atoms with Crippen LogP contribution in [0.25, 0.3) is 10.9 Å². The van der Waals surface area contributed by atoms with E-state index in [0.717, 1.165) is 27.4 Å². The van der Waals surface area contributed by atoms with Gasteiger partial charge in [-0.2, -0.15) is 0 Å². The second-order valence-electron chi connectivity index (χ2n) is 3.09. The zero-order chi connectivity index (χ0) is 10.3. The van der Waals surface area contributed by atoms with Gasteiger partial charge in [0.15, 0.2) is 6.29 Å². The lowest BCUT2D eigenvalue weighted by molar-refractivity contribution is 0.112. The monoisotopic (exact) mass is 271 g/mol. The van der Waals surface area contributed by atoms with Crippen molar-refractivity contribution < 1.29 is 4.79 Å². The quantitative estimate of drug-likeness (QED) is 0.789. The first-order chi connectivity index (χ1) is 6.63. The van der Waals surface area contributed by atoms with Gasteiger partial charge in [0.25, 0.3) is 0 Å². The Morgan fingerprint density at radius 3 is 2.86 bits per heavy atom. The number of H-pyrrole nitrogens is 1. The van der Waals surface area contributed by atoms with E-state index in [0.29, 0.717) is 10.6 Å². The topological polar surface area (TPSA) is 32.9 Å². The Balaban J connectivity index is 2.89. The Morgan fingerprint density at radius 2 is 2.21 bits per heavy atom. The Labute approximate surface area is 94.4 Å². The fourth-order valence-corrected chi connectivity index (χ4v) is 2.00. The van der Waals surface area contributed by atoms with Crippen molar-refractivity contribution in [2.45, 2.75) is 6.92 Å². The molecule has 0 bridgehead atoms. The highest BCUT2D eigenvalue weighted by molar-refractivity contribution is 9.10. The molecule has 0 saturated carbocycles. The number of halogens is 2. The normalized spacial score (nSPS) is 10.8. The van der Waals surface area contributed by atoms with Crippen molar-refractivity contribution in [3.05, 3.63) is 32.9 Å². The van der Waals surface area contributed by atoms with Crippen molar-refractivity contribution in [2.24, 2.45) is 0 Å². The molecule has 4 heteroatoms. The molecule has 0 aliphatic carbocycles. The van der Waals surface area contributed by atoms with Crippen LogP contribution < -0.4 is 0 Å². The first kappa shape index (κ1) is 9.74. The van der Waals surface area contributed by atoms with Crippen LogP contribution >= 0.6 is 27.5 Å². The van der Waals surface area contributed by atoms with Gasteiger partial charge in [0, 0.05) is 26.6 Å². The molecule has 1 heterocycles. The first-order valence-electron chi connectivity index (χ1n) is 4.06. The number of hydrogen-bond acceptors (Lipinski definition) is 1. The van der Waals surface area contributed by atoms with Crippen molar-refractivity contribution in [3.8, 4) is 0 Å². The zero-order valence-corrected chi connectivity index (χ0v) is 9.74. The van der Waals surface area contributed by atoms with Gasteiger partial charge in [-0.25, -0.2) is 0 Å². The van der Waals surface area contributed by atoms with Gasteiger partial charge in [-0.15, -0.1) is 0 Å². The Bertz CT molecular complexity index is 518. The van der Waals surface area contributed by atoms with Crippen LogP contribution in [-0.4, -0.2) is 11.3 Å². The highest BCUT2D eigenvalue weighted by atomic mass is 79.9. The minimum Gasteiger partial charge on any atom is -0.358 e. The van der Waals surface area contributed by atoms with Crippen molar-refractivity contribution >= 4 is 44.7 Å². The van der Waals surface area contributed by atoms with Gasteiger partial charge >= 0.3 is 0 Å². The second kappa shape index (κ2) is 3.41. The van der Waals surface area contributed by atoms with Crippen molar-refractivity contribution in [3.63, 3.8) is 0 Å². The Morgan fingerprint density at radius 1 is 1.50 bits per heavy atom. The molecule has 0 unspecified atom stereocenters. The van der Waals surface area contributed by atoms with E-state index in [1.54, 1.807) is 6.07 Å². The summed E-state index contributed by atoms with van der Waals surface area (Å²) < 4.78 is 0.824. The summed E-state index contributed by atoms with van der Waals surface area (Å²) in [6.07, 6.45) is 0.846. The van der Waals surface area contributed by atoms with Crippen molar-refractivity contribution in [1.82, 2.24) is 4.98 Å². The van der Waals surface area contributed by atoms with Gasteiger partial charge in [-0.05, 0) is 35.0 Å². The number of aldehydes is 1. The number of aryl methyl sites for hydroxylation is 1. The van der Waals surface area contributed by atoms with Gasteiger partial charge in [0.2, 0.25) is 0 Å². The summed E-state index contributed by atoms with van der Waals surface area (Å²) in [6.45, 7) is 1.87. The lowest BCUT2D eigenvalue weighted by atomic mass is 10.1. The number of rotatable bonds is 1. The fraction of sp³-hybridized carbons (Fsp3) is 0.100. The molecular formula is C10H7BrClNO. The van der Waals surface area contributed by atoms with E-state index < -0.39 is 0 Å². The van der Waals surface area contributed by atoms with Gasteiger partial charge in [0.1, 0.15) is 0 Å². The summed E-state index contributed by atoms with van der Waals surface area (Å²) in [4.78, 5) is 13.9. The molecule has 0 amide bonds. The van der Waals surface area contributed by atoms with Crippen LogP contribution in [0.5, 0.6) is 0 Å². The molecule has 0 spiro atoms. The van der Waals surface area contributed by atoms with Crippen LogP contribution in [0.2, 0.25) is 5.02 Å². The minimum absolute atomic E-state index is 0.611. The molecule has 2 aromatic rings. The van der Waals surface area contributed by atoms with Gasteiger partial charge in [0.05, 0.1) is 5.02 Å². The van der Waals surface area contributed by atoms with E-state index in [-0.39, 0.29) is 0 Å². The van der Waals surface area contributed by atoms with E-state index in [2.05, 4.69) is 20.9 Å². The van der Waals surface area contributed by atoms with Crippen molar-refractivity contribution in [1.29, 1.82) is 0 Å². The predicted molar refractivity (Wildman–Crippen MR) is 61.1 cm³/mol. The second-order valence-corrected chi connectivity index (χ2v) is 4.35. The van der Waals surface area contributed by atoms with E-state index in [1.165, 1.54) is 0 Å². The third kappa shape index (κ3) is 1.37. The summed E-state index contributed by atoms with van der Waals surface area (Å²) in [5, 5.41) is 1.48. The van der Waals surface area contributed by atoms with Gasteiger partial charge < -0.3 is 4.98 Å². The number of nitrogens with one attached hydrogen (secondary N) is 1. The van der Waals surface area contributed by atoms with E-state index >= 15 is 0 Å². The van der Waals surface area contributed by atoms with E-state index in [1.807, 2.05) is 13.0 Å². The van der Waals surface area contributed by atoms with Crippen molar-refractivity contribution in [2.75, 3.05) is 0 Å². The smallest absolute Gasteiger partial charge is 0.152 e. The summed E-state index contributed by atoms with van der Waals surface area (Å²) in [5.41, 5.74) is 2.46. The Hall–Kier alpha value is -0.800. The van der Waals surface area contributed by atoms with Crippen LogP contribution in [0.3, 0.4) is 0 Å². The Kier molecular flexibility index (Phi) is 2.37. The van der Waals surface area contributed by atoms with Gasteiger partial charge in [-0.1, -0.05) is 11.6 Å². The molecule has 0 aliphatic heterocycles. The van der Waals surface area contributed by atoms with Crippen LogP contribution in [0.4, 0.5) is 0 Å². The number of aromatic nitrogens is 1. The molecule has 0 radical (unpaired) electrons. The largest absolute Gasteiger partial charge is 0.358 e. The summed E-state index contributed by atoms with van der Waals surface area (Å²) >= 11 is 9.28. The maximum Gasteiger partial charge on any atom is 0.152 e. The SMILES string of the molecule is Cc1[nH]c2cc(Br)c(Cl)cc2c1C=O. The van der Waals surface area contributed by atoms with Crippen LogP contribution in [0.1, 0.15) is 16.1 Å². The third-order valence-corrected chi connectivity index (χ3v) is 3.39. The number of aromatic amines is 1. The zero-order valence-electron chi connectivity index (χ0n) is 7.40. The lowest BCUT2D eigenvalue weighted by Gasteiger charge is -1.96. The van der Waals surface area contributed by atoms with E-state index in [9.17, 15) is 4.79 Å². The molecule has 1 aromatic carbocycles. The molecule has 72 valence electrons. The number of carbonyl (C=O) groups excluding carboxylic acids is 1.